The standard InChI is InChI=1S/C86H60N2/c1-11-31-61(32-12-1)67-55-77(63-35-15-3-16-36-63)85(78(56-67)64-37-17-4-18-38-64)83-75-53-51-74(88(71-47-27-9-28-48-71)72-49-29-10-30-50-72)60-82(75)84(76-54-52-73(59-81(76)83)87(69-43-23-7-24-44-69)70-45-25-8-26-46-70)86-79(65-39-19-5-20-40-65)57-68(62-33-13-2-14-34-62)58-80(86)66-41-21-6-22-42-66/h1-60H. The summed E-state index contributed by atoms with van der Waals surface area (Å²) >= 11 is 0. The third-order valence-electron chi connectivity index (χ3n) is 17.0. The van der Waals surface area contributed by atoms with E-state index in [1.165, 1.54) is 0 Å². The lowest BCUT2D eigenvalue weighted by molar-refractivity contribution is 1.29. The van der Waals surface area contributed by atoms with Gasteiger partial charge in [0.2, 0.25) is 0 Å². The van der Waals surface area contributed by atoms with Crippen LogP contribution in [0.15, 0.2) is 364 Å². The number of para-hydroxylation sites is 4. The maximum Gasteiger partial charge on any atom is 0.0468 e. The highest BCUT2D eigenvalue weighted by Crippen LogP contribution is 2.56. The molecule has 15 rings (SSSR count). The predicted octanol–water partition coefficient (Wildman–Crippen LogP) is 24.3. The van der Waals surface area contributed by atoms with Crippen molar-refractivity contribution in [3.63, 3.8) is 0 Å². The third kappa shape index (κ3) is 10.2. The molecule has 0 bridgehead atoms. The molecule has 0 atom stereocenters. The zero-order valence-corrected chi connectivity index (χ0v) is 48.5. The number of benzene rings is 15. The highest BCUT2D eigenvalue weighted by atomic mass is 15.1. The lowest BCUT2D eigenvalue weighted by atomic mass is 9.77. The van der Waals surface area contributed by atoms with E-state index < -0.39 is 0 Å². The Labute approximate surface area is 515 Å². The molecule has 0 aliphatic rings. The minimum Gasteiger partial charge on any atom is -0.310 e. The maximum absolute atomic E-state index is 2.49. The first-order valence-corrected chi connectivity index (χ1v) is 30.2. The van der Waals surface area contributed by atoms with Crippen molar-refractivity contribution in [1.82, 2.24) is 0 Å². The largest absolute Gasteiger partial charge is 0.310 e. The van der Waals surface area contributed by atoms with Crippen molar-refractivity contribution in [2.45, 2.75) is 0 Å². The van der Waals surface area contributed by atoms with Gasteiger partial charge < -0.3 is 9.80 Å². The summed E-state index contributed by atoms with van der Waals surface area (Å²) in [5.41, 5.74) is 24.7. The number of nitrogens with zero attached hydrogens (tertiary/aromatic N) is 2. The molecule has 0 heterocycles. The molecular formula is C86H60N2. The number of fused-ring (bicyclic) bond motifs is 2. The Morgan fingerprint density at radius 3 is 0.591 bits per heavy atom. The van der Waals surface area contributed by atoms with Crippen LogP contribution < -0.4 is 9.80 Å². The topological polar surface area (TPSA) is 6.48 Å². The van der Waals surface area contributed by atoms with Gasteiger partial charge in [0.1, 0.15) is 0 Å². The maximum atomic E-state index is 2.49. The molecule has 15 aromatic rings. The Bertz CT molecular complexity index is 4370. The van der Waals surface area contributed by atoms with Crippen molar-refractivity contribution < 1.29 is 0 Å². The molecule has 0 unspecified atom stereocenters. The zero-order chi connectivity index (χ0) is 58.6. The van der Waals surface area contributed by atoms with E-state index in [0.717, 1.165) is 145 Å². The predicted molar refractivity (Wildman–Crippen MR) is 374 cm³/mol. The first-order chi connectivity index (χ1) is 43.7. The molecule has 2 heteroatoms. The normalized spacial score (nSPS) is 11.2. The average molecular weight is 1120 g/mol. The van der Waals surface area contributed by atoms with Gasteiger partial charge in [-0.05, 0) is 208 Å². The summed E-state index contributed by atoms with van der Waals surface area (Å²) in [6.07, 6.45) is 0. The summed E-state index contributed by atoms with van der Waals surface area (Å²) < 4.78 is 0. The minimum atomic E-state index is 1.04. The SMILES string of the molecule is c1ccc(-c2cc(-c3ccccc3)c(-c3c4ccc(N(c5ccccc5)c5ccccc5)cc4c(-c4c(-c5ccccc5)cc(-c5ccccc5)cc4-c4ccccc4)c4ccc(N(c5ccccc5)c5ccccc5)cc34)c(-c3ccccc3)c2)cc1. The molecule has 0 N–H and O–H groups in total. The van der Waals surface area contributed by atoms with Gasteiger partial charge in [0.25, 0.3) is 0 Å². The van der Waals surface area contributed by atoms with Crippen molar-refractivity contribution in [3.8, 4) is 89.0 Å². The van der Waals surface area contributed by atoms with E-state index in [0.29, 0.717) is 0 Å². The Kier molecular flexibility index (Phi) is 14.4. The van der Waals surface area contributed by atoms with Crippen LogP contribution in [0.25, 0.3) is 111 Å². The summed E-state index contributed by atoms with van der Waals surface area (Å²) in [6.45, 7) is 0. The van der Waals surface area contributed by atoms with E-state index in [4.69, 9.17) is 0 Å². The van der Waals surface area contributed by atoms with Crippen molar-refractivity contribution in [1.29, 1.82) is 0 Å². The van der Waals surface area contributed by atoms with Crippen molar-refractivity contribution >= 4 is 55.7 Å². The van der Waals surface area contributed by atoms with Crippen LogP contribution in [-0.2, 0) is 0 Å². The summed E-state index contributed by atoms with van der Waals surface area (Å²) in [5, 5.41) is 4.50. The monoisotopic (exact) mass is 1120 g/mol. The minimum absolute atomic E-state index is 1.04. The van der Waals surface area contributed by atoms with Crippen molar-refractivity contribution in [2.75, 3.05) is 9.80 Å². The van der Waals surface area contributed by atoms with Gasteiger partial charge in [-0.3, -0.25) is 0 Å². The van der Waals surface area contributed by atoms with E-state index in [1.54, 1.807) is 0 Å². The Morgan fingerprint density at radius 2 is 0.352 bits per heavy atom. The summed E-state index contributed by atoms with van der Waals surface area (Å²) in [4.78, 5) is 4.81. The lowest BCUT2D eigenvalue weighted by Crippen LogP contribution is -2.10. The molecule has 88 heavy (non-hydrogen) atoms. The van der Waals surface area contributed by atoms with Crippen molar-refractivity contribution in [2.24, 2.45) is 0 Å². The molecule has 0 spiro atoms. The smallest absolute Gasteiger partial charge is 0.0468 e. The zero-order valence-electron chi connectivity index (χ0n) is 48.5. The van der Waals surface area contributed by atoms with E-state index in [2.05, 4.69) is 374 Å². The summed E-state index contributed by atoms with van der Waals surface area (Å²) in [7, 11) is 0. The number of rotatable bonds is 14. The van der Waals surface area contributed by atoms with Gasteiger partial charge in [0.05, 0.1) is 0 Å². The second-order valence-corrected chi connectivity index (χ2v) is 22.3. The molecule has 0 aliphatic heterocycles. The second kappa shape index (κ2) is 23.8. The number of anilines is 6. The summed E-state index contributed by atoms with van der Waals surface area (Å²) in [5.74, 6) is 0. The molecule has 0 aromatic heterocycles. The highest BCUT2D eigenvalue weighted by Gasteiger charge is 2.29. The highest BCUT2D eigenvalue weighted by molar-refractivity contribution is 6.27. The van der Waals surface area contributed by atoms with Gasteiger partial charge in [-0.15, -0.1) is 0 Å². The van der Waals surface area contributed by atoms with E-state index in [-0.39, 0.29) is 0 Å². The molecule has 2 nitrogen and oxygen atoms in total. The van der Waals surface area contributed by atoms with Crippen LogP contribution in [0.2, 0.25) is 0 Å². The molecular weight excluding hydrogens is 1060 g/mol. The van der Waals surface area contributed by atoms with E-state index in [9.17, 15) is 0 Å². The molecule has 0 saturated heterocycles. The molecule has 0 saturated carbocycles. The van der Waals surface area contributed by atoms with Crippen molar-refractivity contribution in [3.05, 3.63) is 364 Å². The van der Waals surface area contributed by atoms with Gasteiger partial charge in [-0.2, -0.15) is 0 Å². The van der Waals surface area contributed by atoms with Crippen LogP contribution in [0, 0.1) is 0 Å². The first-order valence-electron chi connectivity index (χ1n) is 30.2. The molecule has 0 amide bonds. The third-order valence-corrected chi connectivity index (χ3v) is 17.0. The van der Waals surface area contributed by atoms with E-state index in [1.807, 2.05) is 0 Å². The van der Waals surface area contributed by atoms with Gasteiger partial charge in [0.15, 0.2) is 0 Å². The van der Waals surface area contributed by atoms with Crippen LogP contribution in [0.4, 0.5) is 34.1 Å². The first kappa shape index (κ1) is 53.2. The fourth-order valence-corrected chi connectivity index (χ4v) is 13.0. The van der Waals surface area contributed by atoms with Gasteiger partial charge in [-0.25, -0.2) is 0 Å². The molecule has 0 aliphatic carbocycles. The number of hydrogen-bond donors (Lipinski definition) is 0. The lowest BCUT2D eigenvalue weighted by Gasteiger charge is -2.30. The molecule has 0 radical (unpaired) electrons. The molecule has 414 valence electrons. The van der Waals surface area contributed by atoms with Crippen LogP contribution in [-0.4, -0.2) is 0 Å². The summed E-state index contributed by atoms with van der Waals surface area (Å²) in [6, 6.07) is 133. The molecule has 15 aromatic carbocycles. The van der Waals surface area contributed by atoms with Gasteiger partial charge in [0, 0.05) is 34.1 Å². The van der Waals surface area contributed by atoms with Crippen LogP contribution in [0.3, 0.4) is 0 Å². The Morgan fingerprint density at radius 1 is 0.136 bits per heavy atom. The van der Waals surface area contributed by atoms with Crippen LogP contribution >= 0.6 is 0 Å². The molecule has 0 fully saturated rings. The second-order valence-electron chi connectivity index (χ2n) is 22.3. The number of hydrogen-bond acceptors (Lipinski definition) is 2. The van der Waals surface area contributed by atoms with Gasteiger partial charge in [-0.1, -0.05) is 267 Å². The Balaban J connectivity index is 1.18. The fourth-order valence-electron chi connectivity index (χ4n) is 13.0. The Hall–Kier alpha value is -11.6. The fraction of sp³-hybridized carbons (Fsp3) is 0. The average Bonchev–Trinajstić information content (AvgIpc) is 0.866. The quantitative estimate of drug-likeness (QED) is 0.100. The van der Waals surface area contributed by atoms with Gasteiger partial charge >= 0.3 is 0 Å². The van der Waals surface area contributed by atoms with E-state index >= 15 is 0 Å². The van der Waals surface area contributed by atoms with Crippen LogP contribution in [0.1, 0.15) is 0 Å². The van der Waals surface area contributed by atoms with Crippen LogP contribution in [0.5, 0.6) is 0 Å².